The summed E-state index contributed by atoms with van der Waals surface area (Å²) >= 11 is 0. The normalized spacial score (nSPS) is 14.3. The van der Waals surface area contributed by atoms with Crippen LogP contribution in [0.1, 0.15) is 12.5 Å². The molecule has 2 heterocycles. The van der Waals surface area contributed by atoms with E-state index in [0.29, 0.717) is 6.54 Å². The van der Waals surface area contributed by atoms with Crippen LogP contribution in [0, 0.1) is 10.1 Å². The number of hydrogen-bond donors (Lipinski definition) is 1. The van der Waals surface area contributed by atoms with Crippen LogP contribution in [0.5, 0.6) is 0 Å². The highest BCUT2D eigenvalue weighted by atomic mass is 16.6. The zero-order valence-electron chi connectivity index (χ0n) is 13.4. The molecule has 8 nitrogen and oxygen atoms in total. The second-order valence-electron chi connectivity index (χ2n) is 5.88. The van der Waals surface area contributed by atoms with Gasteiger partial charge >= 0.3 is 5.69 Å². The second-order valence-corrected chi connectivity index (χ2v) is 5.88. The first-order valence-corrected chi connectivity index (χ1v) is 7.82. The molecule has 2 aromatic rings. The first kappa shape index (κ1) is 16.0. The van der Waals surface area contributed by atoms with Crippen LogP contribution in [0.2, 0.25) is 0 Å². The zero-order chi connectivity index (χ0) is 17.1. The molecule has 1 N–H and O–H groups in total. The third-order valence-corrected chi connectivity index (χ3v) is 4.19. The standard InChI is InChI=1S/C16H19N5O3/c1-12(20-7-6-13-4-2-3-5-15(13)20)8-17-16(22)11-19-10-14(9-18-19)21(23)24/h2-5,9-10,12H,6-8,11H2,1H3,(H,17,22)/t12-/m0/s1. The van der Waals surface area contributed by atoms with Crippen molar-refractivity contribution in [2.45, 2.75) is 25.9 Å². The largest absolute Gasteiger partial charge is 0.366 e. The number of fused-ring (bicyclic) bond motifs is 1. The number of rotatable bonds is 6. The molecule has 1 aromatic heterocycles. The van der Waals surface area contributed by atoms with E-state index >= 15 is 0 Å². The maximum absolute atomic E-state index is 12.0. The summed E-state index contributed by atoms with van der Waals surface area (Å²) in [6, 6.07) is 8.46. The van der Waals surface area contributed by atoms with Crippen LogP contribution in [-0.2, 0) is 17.8 Å². The minimum absolute atomic E-state index is 0.0306. The number of hydrogen-bond acceptors (Lipinski definition) is 5. The van der Waals surface area contributed by atoms with Crippen molar-refractivity contribution in [3.8, 4) is 0 Å². The molecule has 0 aliphatic carbocycles. The van der Waals surface area contributed by atoms with Gasteiger partial charge in [0.25, 0.3) is 0 Å². The highest BCUT2D eigenvalue weighted by Gasteiger charge is 2.23. The number of anilines is 1. The molecule has 0 unspecified atom stereocenters. The van der Waals surface area contributed by atoms with E-state index < -0.39 is 4.92 Å². The summed E-state index contributed by atoms with van der Waals surface area (Å²) < 4.78 is 1.27. The molecular weight excluding hydrogens is 310 g/mol. The van der Waals surface area contributed by atoms with Crippen molar-refractivity contribution in [3.63, 3.8) is 0 Å². The van der Waals surface area contributed by atoms with E-state index in [1.165, 1.54) is 22.1 Å². The molecule has 1 aromatic carbocycles. The molecule has 1 amide bonds. The fourth-order valence-electron chi connectivity index (χ4n) is 2.93. The van der Waals surface area contributed by atoms with Crippen LogP contribution in [-0.4, -0.2) is 39.7 Å². The van der Waals surface area contributed by atoms with Crippen molar-refractivity contribution in [3.05, 3.63) is 52.3 Å². The quantitative estimate of drug-likeness (QED) is 0.638. The van der Waals surface area contributed by atoms with Crippen molar-refractivity contribution in [1.29, 1.82) is 0 Å². The second kappa shape index (κ2) is 6.69. The van der Waals surface area contributed by atoms with E-state index in [4.69, 9.17) is 0 Å². The van der Waals surface area contributed by atoms with E-state index in [1.54, 1.807) is 0 Å². The third kappa shape index (κ3) is 3.37. The molecule has 0 spiro atoms. The molecule has 0 fully saturated rings. The molecule has 126 valence electrons. The Morgan fingerprint density at radius 1 is 1.46 bits per heavy atom. The summed E-state index contributed by atoms with van der Waals surface area (Å²) in [4.78, 5) is 24.4. The monoisotopic (exact) mass is 329 g/mol. The number of amides is 1. The van der Waals surface area contributed by atoms with Gasteiger partial charge in [0.05, 0.1) is 4.92 Å². The molecular formula is C16H19N5O3. The Morgan fingerprint density at radius 3 is 3.00 bits per heavy atom. The predicted octanol–water partition coefficient (Wildman–Crippen LogP) is 1.36. The van der Waals surface area contributed by atoms with Crippen molar-refractivity contribution < 1.29 is 9.72 Å². The Balaban J connectivity index is 1.52. The van der Waals surface area contributed by atoms with Gasteiger partial charge in [-0.3, -0.25) is 19.6 Å². The number of benzene rings is 1. The molecule has 1 aliphatic rings. The average molecular weight is 329 g/mol. The fourth-order valence-corrected chi connectivity index (χ4v) is 2.93. The van der Waals surface area contributed by atoms with Gasteiger partial charge in [-0.25, -0.2) is 0 Å². The number of carbonyl (C=O) groups excluding carboxylic acids is 1. The highest BCUT2D eigenvalue weighted by molar-refractivity contribution is 5.75. The molecule has 0 bridgehead atoms. The van der Waals surface area contributed by atoms with Crippen molar-refractivity contribution in [2.75, 3.05) is 18.0 Å². The third-order valence-electron chi connectivity index (χ3n) is 4.19. The molecule has 3 rings (SSSR count). The van der Waals surface area contributed by atoms with Crippen LogP contribution >= 0.6 is 0 Å². The zero-order valence-corrected chi connectivity index (χ0v) is 13.4. The highest BCUT2D eigenvalue weighted by Crippen LogP contribution is 2.28. The van der Waals surface area contributed by atoms with Gasteiger partial charge in [-0.05, 0) is 25.0 Å². The topological polar surface area (TPSA) is 93.3 Å². The summed E-state index contributed by atoms with van der Waals surface area (Å²) in [5.74, 6) is -0.215. The lowest BCUT2D eigenvalue weighted by atomic mass is 10.2. The summed E-state index contributed by atoms with van der Waals surface area (Å²) in [5, 5.41) is 17.3. The van der Waals surface area contributed by atoms with E-state index in [-0.39, 0.29) is 24.2 Å². The smallest absolute Gasteiger partial charge is 0.307 e. The van der Waals surface area contributed by atoms with Crippen LogP contribution in [0.25, 0.3) is 0 Å². The lowest BCUT2D eigenvalue weighted by Crippen LogP contribution is -2.42. The Labute approximate surface area is 139 Å². The fraction of sp³-hybridized carbons (Fsp3) is 0.375. The van der Waals surface area contributed by atoms with Gasteiger partial charge in [-0.2, -0.15) is 5.10 Å². The molecule has 0 saturated heterocycles. The molecule has 1 atom stereocenters. The van der Waals surface area contributed by atoms with Crippen LogP contribution in [0.15, 0.2) is 36.7 Å². The van der Waals surface area contributed by atoms with Gasteiger partial charge in [0.1, 0.15) is 18.9 Å². The van der Waals surface area contributed by atoms with E-state index in [1.807, 2.05) is 12.1 Å². The first-order chi connectivity index (χ1) is 11.5. The Morgan fingerprint density at radius 2 is 2.25 bits per heavy atom. The van der Waals surface area contributed by atoms with Gasteiger partial charge in [0.2, 0.25) is 5.91 Å². The number of nitro groups is 1. The molecule has 8 heteroatoms. The number of nitrogens with one attached hydrogen (secondary N) is 1. The van der Waals surface area contributed by atoms with Gasteiger partial charge < -0.3 is 10.2 Å². The number of para-hydroxylation sites is 1. The maximum Gasteiger partial charge on any atom is 0.307 e. The Bertz CT molecular complexity index is 758. The lowest BCUT2D eigenvalue weighted by molar-refractivity contribution is -0.385. The SMILES string of the molecule is C[C@@H](CNC(=O)Cn1cc([N+](=O)[O-])cn1)N1CCc2ccccc21. The summed E-state index contributed by atoms with van der Waals surface area (Å²) in [7, 11) is 0. The van der Waals surface area contributed by atoms with Gasteiger partial charge in [-0.1, -0.05) is 18.2 Å². The average Bonchev–Trinajstić information content (AvgIpc) is 3.19. The summed E-state index contributed by atoms with van der Waals surface area (Å²) in [6.07, 6.45) is 3.40. The van der Waals surface area contributed by atoms with Gasteiger partial charge in [-0.15, -0.1) is 0 Å². The summed E-state index contributed by atoms with van der Waals surface area (Å²) in [6.45, 7) is 3.50. The van der Waals surface area contributed by atoms with Crippen LogP contribution in [0.3, 0.4) is 0 Å². The van der Waals surface area contributed by atoms with E-state index in [2.05, 4.69) is 34.4 Å². The van der Waals surface area contributed by atoms with Crippen molar-refractivity contribution in [2.24, 2.45) is 0 Å². The number of carbonyl (C=O) groups is 1. The van der Waals surface area contributed by atoms with Crippen LogP contribution in [0.4, 0.5) is 11.4 Å². The van der Waals surface area contributed by atoms with Gasteiger partial charge in [0, 0.05) is 24.8 Å². The molecule has 0 saturated carbocycles. The minimum Gasteiger partial charge on any atom is -0.366 e. The van der Waals surface area contributed by atoms with Crippen LogP contribution < -0.4 is 10.2 Å². The Kier molecular flexibility index (Phi) is 4.45. The maximum atomic E-state index is 12.0. The number of aromatic nitrogens is 2. The lowest BCUT2D eigenvalue weighted by Gasteiger charge is -2.27. The van der Waals surface area contributed by atoms with E-state index in [0.717, 1.165) is 19.2 Å². The van der Waals surface area contributed by atoms with E-state index in [9.17, 15) is 14.9 Å². The Hall–Kier alpha value is -2.90. The summed E-state index contributed by atoms with van der Waals surface area (Å²) in [5.41, 5.74) is 2.44. The number of nitrogens with zero attached hydrogens (tertiary/aromatic N) is 4. The van der Waals surface area contributed by atoms with Crippen molar-refractivity contribution in [1.82, 2.24) is 15.1 Å². The van der Waals surface area contributed by atoms with Gasteiger partial charge in [0.15, 0.2) is 0 Å². The molecule has 0 radical (unpaired) electrons. The predicted molar refractivity (Wildman–Crippen MR) is 88.8 cm³/mol. The minimum atomic E-state index is -0.533. The first-order valence-electron chi connectivity index (χ1n) is 7.82. The molecule has 24 heavy (non-hydrogen) atoms. The molecule has 1 aliphatic heterocycles. The van der Waals surface area contributed by atoms with Crippen molar-refractivity contribution >= 4 is 17.3 Å².